The molecule has 4 heteroatoms. The Bertz CT molecular complexity index is 768. The number of ketones is 1. The molecule has 2 aromatic rings. The van der Waals surface area contributed by atoms with E-state index in [-0.39, 0.29) is 0 Å². The van der Waals surface area contributed by atoms with Gasteiger partial charge >= 0.3 is 0 Å². The highest BCUT2D eigenvalue weighted by molar-refractivity contribution is 7.08. The summed E-state index contributed by atoms with van der Waals surface area (Å²) in [6, 6.07) is 4.49. The molecule has 3 heterocycles. The van der Waals surface area contributed by atoms with Crippen LogP contribution in [-0.4, -0.2) is 30.3 Å². The normalized spacial score (nSPS) is 18.4. The molecule has 1 saturated heterocycles. The quantitative estimate of drug-likeness (QED) is 0.581. The zero-order chi connectivity index (χ0) is 18.5. The third-order valence-electron chi connectivity index (χ3n) is 5.74. The van der Waals surface area contributed by atoms with E-state index in [1.807, 2.05) is 0 Å². The zero-order valence-electron chi connectivity index (χ0n) is 15.8. The second-order valence-electron chi connectivity index (χ2n) is 7.49. The molecule has 0 radical (unpaired) electrons. The predicted molar refractivity (Wildman–Crippen MR) is 117 cm³/mol. The van der Waals surface area contributed by atoms with Gasteiger partial charge in [-0.25, -0.2) is 0 Å². The topological polar surface area (TPSA) is 20.3 Å². The minimum absolute atomic E-state index is 0.383. The number of carbonyl (C=O) groups excluding carboxylic acids is 1. The molecule has 1 aliphatic heterocycles. The molecule has 2 aromatic heterocycles. The number of likely N-dealkylation sites (tertiary alicyclic amines) is 1. The first-order chi connectivity index (χ1) is 13.3. The molecular weight excluding hydrogens is 370 g/mol. The van der Waals surface area contributed by atoms with Crippen molar-refractivity contribution in [3.05, 3.63) is 62.0 Å². The average Bonchev–Trinajstić information content (AvgIpc) is 3.43. The standard InChI is InChI=1S/C23H27NOS2/c25-22(18-4-2-1-3-5-18)8-13-24-11-6-19(7-12-24)23(20-9-14-26-16-20)21-10-15-27-17-21/h4,9-10,14-17H,1-3,5-8,11-13H2. The van der Waals surface area contributed by atoms with Gasteiger partial charge in [0.1, 0.15) is 0 Å². The van der Waals surface area contributed by atoms with Crippen molar-refractivity contribution < 1.29 is 4.79 Å². The van der Waals surface area contributed by atoms with Crippen molar-refractivity contribution in [1.29, 1.82) is 0 Å². The molecule has 27 heavy (non-hydrogen) atoms. The summed E-state index contributed by atoms with van der Waals surface area (Å²) < 4.78 is 0. The van der Waals surface area contributed by atoms with Gasteiger partial charge in [-0.3, -0.25) is 4.79 Å². The van der Waals surface area contributed by atoms with Crippen LogP contribution in [0, 0.1) is 0 Å². The number of hydrogen-bond acceptors (Lipinski definition) is 4. The molecule has 0 N–H and O–H groups in total. The molecule has 0 unspecified atom stereocenters. The van der Waals surface area contributed by atoms with Gasteiger partial charge in [-0.1, -0.05) is 11.6 Å². The maximum absolute atomic E-state index is 12.4. The summed E-state index contributed by atoms with van der Waals surface area (Å²) >= 11 is 3.54. The maximum Gasteiger partial charge on any atom is 0.159 e. The third-order valence-corrected chi connectivity index (χ3v) is 7.10. The number of Topliss-reactive ketones (excluding diaryl/α,β-unsaturated/α-hetero) is 1. The van der Waals surface area contributed by atoms with Crippen LogP contribution < -0.4 is 0 Å². The molecule has 0 atom stereocenters. The fourth-order valence-corrected chi connectivity index (χ4v) is 5.49. The van der Waals surface area contributed by atoms with Crippen LogP contribution in [0.4, 0.5) is 0 Å². The molecule has 142 valence electrons. The van der Waals surface area contributed by atoms with Gasteiger partial charge in [0.2, 0.25) is 0 Å². The number of rotatable bonds is 6. The second-order valence-corrected chi connectivity index (χ2v) is 9.05. The van der Waals surface area contributed by atoms with Gasteiger partial charge in [0.05, 0.1) is 0 Å². The van der Waals surface area contributed by atoms with Crippen LogP contribution in [0.2, 0.25) is 0 Å². The number of thiophene rings is 2. The van der Waals surface area contributed by atoms with Crippen molar-refractivity contribution in [1.82, 2.24) is 4.90 Å². The Hall–Kier alpha value is -1.49. The van der Waals surface area contributed by atoms with Crippen LogP contribution in [0.5, 0.6) is 0 Å². The van der Waals surface area contributed by atoms with E-state index in [1.54, 1.807) is 28.2 Å². The molecule has 1 fully saturated rings. The highest BCUT2D eigenvalue weighted by Crippen LogP contribution is 2.34. The Balaban J connectivity index is 1.38. The summed E-state index contributed by atoms with van der Waals surface area (Å²) in [5, 5.41) is 8.87. The Kier molecular flexibility index (Phi) is 6.38. The van der Waals surface area contributed by atoms with Gasteiger partial charge < -0.3 is 4.90 Å². The molecule has 2 aliphatic rings. The largest absolute Gasteiger partial charge is 0.302 e. The minimum atomic E-state index is 0.383. The van der Waals surface area contributed by atoms with Crippen LogP contribution in [0.15, 0.2) is 50.9 Å². The first-order valence-corrected chi connectivity index (χ1v) is 11.9. The van der Waals surface area contributed by atoms with Crippen molar-refractivity contribution >= 4 is 34.0 Å². The van der Waals surface area contributed by atoms with Gasteiger partial charge in [0, 0.05) is 26.1 Å². The smallest absolute Gasteiger partial charge is 0.159 e. The van der Waals surface area contributed by atoms with Crippen molar-refractivity contribution in [2.75, 3.05) is 19.6 Å². The lowest BCUT2D eigenvalue weighted by Gasteiger charge is -2.30. The van der Waals surface area contributed by atoms with Gasteiger partial charge in [-0.15, -0.1) is 0 Å². The summed E-state index contributed by atoms with van der Waals surface area (Å²) in [5.74, 6) is 0.383. The number of allylic oxidation sites excluding steroid dienone is 2. The van der Waals surface area contributed by atoms with Crippen molar-refractivity contribution in [3.8, 4) is 0 Å². The monoisotopic (exact) mass is 397 g/mol. The van der Waals surface area contributed by atoms with E-state index >= 15 is 0 Å². The van der Waals surface area contributed by atoms with E-state index in [9.17, 15) is 4.79 Å². The van der Waals surface area contributed by atoms with Crippen LogP contribution in [0.1, 0.15) is 56.1 Å². The molecule has 0 spiro atoms. The van der Waals surface area contributed by atoms with E-state index in [0.717, 1.165) is 50.9 Å². The van der Waals surface area contributed by atoms with Crippen LogP contribution in [0.3, 0.4) is 0 Å². The van der Waals surface area contributed by atoms with Gasteiger partial charge in [0.15, 0.2) is 5.78 Å². The average molecular weight is 398 g/mol. The Labute approximate surface area is 170 Å². The Morgan fingerprint density at radius 3 is 2.22 bits per heavy atom. The summed E-state index contributed by atoms with van der Waals surface area (Å²) in [7, 11) is 0. The lowest BCUT2D eigenvalue weighted by molar-refractivity contribution is -0.116. The summed E-state index contributed by atoms with van der Waals surface area (Å²) in [4.78, 5) is 14.9. The van der Waals surface area contributed by atoms with Crippen molar-refractivity contribution in [2.24, 2.45) is 0 Å². The molecule has 2 nitrogen and oxygen atoms in total. The number of carbonyl (C=O) groups is 1. The second kappa shape index (κ2) is 9.13. The van der Waals surface area contributed by atoms with E-state index < -0.39 is 0 Å². The van der Waals surface area contributed by atoms with Gasteiger partial charge in [0.25, 0.3) is 0 Å². The van der Waals surface area contributed by atoms with Crippen LogP contribution in [0.25, 0.3) is 5.57 Å². The maximum atomic E-state index is 12.4. The molecule has 0 aromatic carbocycles. The van der Waals surface area contributed by atoms with E-state index in [1.165, 1.54) is 29.5 Å². The molecular formula is C23H27NOS2. The van der Waals surface area contributed by atoms with E-state index in [0.29, 0.717) is 12.2 Å². The number of hydrogen-bond donors (Lipinski definition) is 0. The van der Waals surface area contributed by atoms with Gasteiger partial charge in [-0.05, 0) is 94.5 Å². The third kappa shape index (κ3) is 4.68. The molecule has 4 rings (SSSR count). The predicted octanol–water partition coefficient (Wildman–Crippen LogP) is 6.17. The first kappa shape index (κ1) is 18.9. The highest BCUT2D eigenvalue weighted by Gasteiger charge is 2.20. The van der Waals surface area contributed by atoms with E-state index in [4.69, 9.17) is 0 Å². The Morgan fingerprint density at radius 2 is 1.67 bits per heavy atom. The molecule has 1 aliphatic carbocycles. The van der Waals surface area contributed by atoms with Crippen LogP contribution in [-0.2, 0) is 4.79 Å². The number of piperidine rings is 1. The zero-order valence-corrected chi connectivity index (χ0v) is 17.4. The molecule has 0 saturated carbocycles. The summed E-state index contributed by atoms with van der Waals surface area (Å²) in [5.41, 5.74) is 6.84. The molecule has 0 amide bonds. The van der Waals surface area contributed by atoms with E-state index in [2.05, 4.69) is 44.6 Å². The molecule has 0 bridgehead atoms. The SMILES string of the molecule is O=C(CCN1CCC(=C(c2ccsc2)c2ccsc2)CC1)C1=CCCCC1. The fraction of sp³-hybridized carbons (Fsp3) is 0.435. The van der Waals surface area contributed by atoms with Crippen molar-refractivity contribution in [2.45, 2.75) is 44.9 Å². The lowest BCUT2D eigenvalue weighted by Crippen LogP contribution is -2.33. The highest BCUT2D eigenvalue weighted by atomic mass is 32.1. The lowest BCUT2D eigenvalue weighted by atomic mass is 9.90. The minimum Gasteiger partial charge on any atom is -0.302 e. The fourth-order valence-electron chi connectivity index (χ4n) is 4.20. The summed E-state index contributed by atoms with van der Waals surface area (Å²) in [6.07, 6.45) is 9.60. The first-order valence-electron chi connectivity index (χ1n) is 10.0. The Morgan fingerprint density at radius 1 is 0.963 bits per heavy atom. The summed E-state index contributed by atoms with van der Waals surface area (Å²) in [6.45, 7) is 3.05. The number of nitrogens with zero attached hydrogens (tertiary/aromatic N) is 1. The van der Waals surface area contributed by atoms with Crippen LogP contribution >= 0.6 is 22.7 Å². The van der Waals surface area contributed by atoms with Crippen molar-refractivity contribution in [3.63, 3.8) is 0 Å². The van der Waals surface area contributed by atoms with Gasteiger partial charge in [-0.2, -0.15) is 22.7 Å².